The molecule has 2 rings (SSSR count). The summed E-state index contributed by atoms with van der Waals surface area (Å²) in [6, 6.07) is 3.51. The number of nitrogens with zero attached hydrogens (tertiary/aromatic N) is 2. The predicted molar refractivity (Wildman–Crippen MR) is 76.3 cm³/mol. The third kappa shape index (κ3) is 3.03. The lowest BCUT2D eigenvalue weighted by Gasteiger charge is -2.10. The average molecular weight is 272 g/mol. The summed E-state index contributed by atoms with van der Waals surface area (Å²) in [5.74, 6) is 0.0772. The van der Waals surface area contributed by atoms with Gasteiger partial charge in [-0.05, 0) is 30.2 Å². The number of esters is 1. The number of pyridine rings is 2. The van der Waals surface area contributed by atoms with E-state index < -0.39 is 5.97 Å². The number of nitrogen functional groups attached to an aromatic ring is 1. The van der Waals surface area contributed by atoms with E-state index in [4.69, 9.17) is 5.73 Å². The number of methoxy groups -OCH3 is 1. The number of ether oxygens (including phenoxy) is 1. The number of nitrogens with one attached hydrogen (secondary N) is 1. The molecule has 2 aromatic heterocycles. The molecule has 0 aliphatic heterocycles. The van der Waals surface area contributed by atoms with E-state index in [1.807, 2.05) is 13.0 Å². The van der Waals surface area contributed by atoms with Gasteiger partial charge in [0.25, 0.3) is 0 Å². The zero-order valence-corrected chi connectivity index (χ0v) is 11.4. The van der Waals surface area contributed by atoms with E-state index in [-0.39, 0.29) is 0 Å². The van der Waals surface area contributed by atoms with E-state index in [2.05, 4.69) is 20.0 Å². The van der Waals surface area contributed by atoms with Gasteiger partial charge in [0.15, 0.2) is 0 Å². The molecule has 0 aliphatic carbocycles. The number of aromatic nitrogens is 2. The number of carbonyl (C=O) groups is 1. The van der Waals surface area contributed by atoms with Crippen molar-refractivity contribution in [3.63, 3.8) is 0 Å². The maximum absolute atomic E-state index is 11.5. The zero-order chi connectivity index (χ0) is 14.5. The molecular formula is C14H16N4O2. The first kappa shape index (κ1) is 13.8. The fraction of sp³-hybridized carbons (Fsp3) is 0.214. The molecule has 2 aromatic rings. The Bertz CT molecular complexity index is 628. The second-order valence-corrected chi connectivity index (χ2v) is 4.30. The molecule has 6 heteroatoms. The zero-order valence-electron chi connectivity index (χ0n) is 11.4. The van der Waals surface area contributed by atoms with Gasteiger partial charge in [-0.1, -0.05) is 0 Å². The summed E-state index contributed by atoms with van der Waals surface area (Å²) >= 11 is 0. The summed E-state index contributed by atoms with van der Waals surface area (Å²) in [6.07, 6.45) is 4.97. The second kappa shape index (κ2) is 6.01. The highest BCUT2D eigenvalue weighted by atomic mass is 16.5. The minimum absolute atomic E-state index is 0.292. The van der Waals surface area contributed by atoms with Gasteiger partial charge in [-0.25, -0.2) is 9.78 Å². The molecule has 0 spiro atoms. The largest absolute Gasteiger partial charge is 0.465 e. The molecule has 20 heavy (non-hydrogen) atoms. The number of nitrogens with two attached hydrogens (primary N) is 1. The molecule has 0 fully saturated rings. The van der Waals surface area contributed by atoms with Gasteiger partial charge in [0.1, 0.15) is 5.82 Å². The lowest BCUT2D eigenvalue weighted by molar-refractivity contribution is 0.0602. The first-order chi connectivity index (χ1) is 9.61. The van der Waals surface area contributed by atoms with E-state index >= 15 is 0 Å². The predicted octanol–water partition coefficient (Wildman–Crippen LogP) is 1.77. The average Bonchev–Trinajstić information content (AvgIpc) is 2.47. The van der Waals surface area contributed by atoms with E-state index in [0.29, 0.717) is 23.6 Å². The lowest BCUT2D eigenvalue weighted by atomic mass is 10.1. The lowest BCUT2D eigenvalue weighted by Crippen LogP contribution is -2.09. The number of rotatable bonds is 4. The quantitative estimate of drug-likeness (QED) is 0.824. The Balaban J connectivity index is 2.14. The van der Waals surface area contributed by atoms with Crippen LogP contribution in [-0.4, -0.2) is 23.0 Å². The molecule has 0 aliphatic rings. The van der Waals surface area contributed by atoms with Crippen LogP contribution in [0.25, 0.3) is 0 Å². The van der Waals surface area contributed by atoms with Gasteiger partial charge in [0.05, 0.1) is 24.6 Å². The van der Waals surface area contributed by atoms with Gasteiger partial charge >= 0.3 is 5.97 Å². The highest BCUT2D eigenvalue weighted by molar-refractivity contribution is 5.95. The van der Waals surface area contributed by atoms with E-state index in [1.54, 1.807) is 18.5 Å². The van der Waals surface area contributed by atoms with Crippen molar-refractivity contribution in [2.75, 3.05) is 18.2 Å². The van der Waals surface area contributed by atoms with Gasteiger partial charge in [-0.3, -0.25) is 4.98 Å². The van der Waals surface area contributed by atoms with E-state index in [1.165, 1.54) is 13.3 Å². The SMILES string of the molecule is COC(=O)c1cc(NCc2cnccc2C)ncc1N. The normalized spacial score (nSPS) is 10.1. The molecule has 0 atom stereocenters. The highest BCUT2D eigenvalue weighted by Gasteiger charge is 2.11. The molecular weight excluding hydrogens is 256 g/mol. The first-order valence-corrected chi connectivity index (χ1v) is 6.09. The number of hydrogen-bond acceptors (Lipinski definition) is 6. The maximum Gasteiger partial charge on any atom is 0.340 e. The van der Waals surface area contributed by atoms with Crippen LogP contribution in [0.1, 0.15) is 21.5 Å². The fourth-order valence-electron chi connectivity index (χ4n) is 1.72. The Kier molecular flexibility index (Phi) is 4.14. The highest BCUT2D eigenvalue weighted by Crippen LogP contribution is 2.17. The van der Waals surface area contributed by atoms with Crippen molar-refractivity contribution in [3.8, 4) is 0 Å². The molecule has 0 saturated heterocycles. The molecule has 0 aromatic carbocycles. The Labute approximate surface area is 117 Å². The molecule has 2 heterocycles. The second-order valence-electron chi connectivity index (χ2n) is 4.30. The maximum atomic E-state index is 11.5. The molecule has 0 unspecified atom stereocenters. The number of carbonyl (C=O) groups excluding carboxylic acids is 1. The van der Waals surface area contributed by atoms with Crippen LogP contribution in [0.15, 0.2) is 30.7 Å². The van der Waals surface area contributed by atoms with Crippen LogP contribution in [-0.2, 0) is 11.3 Å². The van der Waals surface area contributed by atoms with Crippen molar-refractivity contribution < 1.29 is 9.53 Å². The molecule has 0 radical (unpaired) electrons. The van der Waals surface area contributed by atoms with Gasteiger partial charge in [0, 0.05) is 18.9 Å². The molecule has 3 N–H and O–H groups in total. The molecule has 0 amide bonds. The number of anilines is 2. The standard InChI is InChI=1S/C14H16N4O2/c1-9-3-4-16-6-10(9)7-17-13-5-11(14(19)20-2)12(15)8-18-13/h3-6,8H,7,15H2,1-2H3,(H,17,18). The Morgan fingerprint density at radius 1 is 1.45 bits per heavy atom. The topological polar surface area (TPSA) is 90.1 Å². The van der Waals surface area contributed by atoms with E-state index in [0.717, 1.165) is 11.1 Å². The molecule has 6 nitrogen and oxygen atoms in total. The van der Waals surface area contributed by atoms with Gasteiger partial charge in [0.2, 0.25) is 0 Å². The Morgan fingerprint density at radius 2 is 2.25 bits per heavy atom. The first-order valence-electron chi connectivity index (χ1n) is 6.09. The van der Waals surface area contributed by atoms with Crippen LogP contribution in [0.5, 0.6) is 0 Å². The summed E-state index contributed by atoms with van der Waals surface area (Å²) < 4.78 is 4.67. The smallest absolute Gasteiger partial charge is 0.340 e. The van der Waals surface area contributed by atoms with Crippen molar-refractivity contribution in [2.45, 2.75) is 13.5 Å². The van der Waals surface area contributed by atoms with Crippen LogP contribution in [0.3, 0.4) is 0 Å². The minimum Gasteiger partial charge on any atom is -0.465 e. The Morgan fingerprint density at radius 3 is 2.95 bits per heavy atom. The van der Waals surface area contributed by atoms with Crippen LogP contribution >= 0.6 is 0 Å². The summed E-state index contributed by atoms with van der Waals surface area (Å²) in [6.45, 7) is 2.58. The van der Waals surface area contributed by atoms with Crippen molar-refractivity contribution in [3.05, 3.63) is 47.4 Å². The molecule has 0 bridgehead atoms. The third-order valence-electron chi connectivity index (χ3n) is 2.95. The van der Waals surface area contributed by atoms with Crippen molar-refractivity contribution >= 4 is 17.5 Å². The minimum atomic E-state index is -0.481. The van der Waals surface area contributed by atoms with Crippen molar-refractivity contribution in [1.82, 2.24) is 9.97 Å². The monoisotopic (exact) mass is 272 g/mol. The van der Waals surface area contributed by atoms with Gasteiger partial charge in [-0.2, -0.15) is 0 Å². The summed E-state index contributed by atoms with van der Waals surface area (Å²) in [4.78, 5) is 19.8. The number of hydrogen-bond donors (Lipinski definition) is 2. The van der Waals surface area contributed by atoms with Gasteiger partial charge < -0.3 is 15.8 Å². The molecule has 0 saturated carbocycles. The van der Waals surface area contributed by atoms with Crippen LogP contribution < -0.4 is 11.1 Å². The van der Waals surface area contributed by atoms with Gasteiger partial charge in [-0.15, -0.1) is 0 Å². The summed E-state index contributed by atoms with van der Waals surface area (Å²) in [7, 11) is 1.31. The van der Waals surface area contributed by atoms with E-state index in [9.17, 15) is 4.79 Å². The summed E-state index contributed by atoms with van der Waals surface area (Å²) in [5.41, 5.74) is 8.48. The fourth-order valence-corrected chi connectivity index (χ4v) is 1.72. The Hall–Kier alpha value is -2.63. The summed E-state index contributed by atoms with van der Waals surface area (Å²) in [5, 5.41) is 3.13. The van der Waals surface area contributed by atoms with Crippen LogP contribution in [0, 0.1) is 6.92 Å². The third-order valence-corrected chi connectivity index (χ3v) is 2.95. The number of aryl methyl sites for hydroxylation is 1. The van der Waals surface area contributed by atoms with Crippen molar-refractivity contribution in [1.29, 1.82) is 0 Å². The van der Waals surface area contributed by atoms with Crippen molar-refractivity contribution in [2.24, 2.45) is 0 Å². The van der Waals surface area contributed by atoms with Crippen LogP contribution in [0.4, 0.5) is 11.5 Å². The molecule has 104 valence electrons. The van der Waals surface area contributed by atoms with Crippen LogP contribution in [0.2, 0.25) is 0 Å².